The molecule has 0 unspecified atom stereocenters. The lowest BCUT2D eigenvalue weighted by molar-refractivity contribution is 0.165. The Hall–Kier alpha value is -4.24. The maximum atomic E-state index is 10.9. The van der Waals surface area contributed by atoms with Crippen molar-refractivity contribution >= 4 is 17.6 Å². The Morgan fingerprint density at radius 1 is 1.00 bits per heavy atom. The molecule has 1 saturated heterocycles. The number of rotatable bonds is 4. The van der Waals surface area contributed by atoms with Crippen molar-refractivity contribution in [3.8, 4) is 28.5 Å². The van der Waals surface area contributed by atoms with E-state index in [1.54, 1.807) is 6.20 Å². The van der Waals surface area contributed by atoms with Crippen molar-refractivity contribution in [1.82, 2.24) is 30.0 Å². The summed E-state index contributed by atoms with van der Waals surface area (Å²) in [4.78, 5) is 17.8. The van der Waals surface area contributed by atoms with Crippen LogP contribution in [0.15, 0.2) is 66.9 Å². The Bertz CT molecular complexity index is 1370. The molecule has 0 radical (unpaired) electrons. The number of carboxylic acid groups (broad SMARTS) is 1. The fraction of sp³-hybridized carbons (Fsp3) is 0.231. The van der Waals surface area contributed by atoms with E-state index in [0.717, 1.165) is 72.4 Å². The number of para-hydroxylation sites is 1. The second-order valence-corrected chi connectivity index (χ2v) is 8.92. The second-order valence-electron chi connectivity index (χ2n) is 8.92. The van der Waals surface area contributed by atoms with Gasteiger partial charge < -0.3 is 15.7 Å². The van der Waals surface area contributed by atoms with E-state index in [2.05, 4.69) is 59.5 Å². The van der Waals surface area contributed by atoms with Gasteiger partial charge in [0, 0.05) is 43.0 Å². The first-order chi connectivity index (χ1) is 17.2. The number of nitrogens with one attached hydrogen (secondary N) is 2. The fourth-order valence-electron chi connectivity index (χ4n) is 4.89. The molecule has 176 valence electrons. The summed E-state index contributed by atoms with van der Waals surface area (Å²) >= 11 is 0. The number of pyridine rings is 1. The van der Waals surface area contributed by atoms with E-state index in [9.17, 15) is 4.79 Å². The summed E-state index contributed by atoms with van der Waals surface area (Å²) in [5.74, 6) is 2.30. The normalized spacial score (nSPS) is 15.3. The van der Waals surface area contributed by atoms with Gasteiger partial charge in [0.05, 0.1) is 11.4 Å². The van der Waals surface area contributed by atoms with Gasteiger partial charge in [0.2, 0.25) is 0 Å². The van der Waals surface area contributed by atoms with Gasteiger partial charge in [-0.3, -0.25) is 9.47 Å². The number of benzene rings is 2. The highest BCUT2D eigenvalue weighted by atomic mass is 16.4. The number of hydrogen-bond donors (Lipinski definition) is 3. The summed E-state index contributed by atoms with van der Waals surface area (Å²) < 4.78 is 2.07. The highest BCUT2D eigenvalue weighted by molar-refractivity contribution is 5.84. The van der Waals surface area contributed by atoms with Gasteiger partial charge in [-0.2, -0.15) is 0 Å². The molecule has 35 heavy (non-hydrogen) atoms. The monoisotopic (exact) mass is 467 g/mol. The van der Waals surface area contributed by atoms with Crippen molar-refractivity contribution in [2.45, 2.75) is 25.4 Å². The molecule has 2 aliphatic rings. The molecule has 1 amide bonds. The zero-order valence-corrected chi connectivity index (χ0v) is 19.1. The van der Waals surface area contributed by atoms with Crippen LogP contribution in [0.1, 0.15) is 18.4 Å². The number of amides is 1. The lowest BCUT2D eigenvalue weighted by atomic mass is 10.0. The summed E-state index contributed by atoms with van der Waals surface area (Å²) in [6, 6.07) is 20.5. The number of hydrogen-bond acceptors (Lipinski definition) is 6. The third kappa shape index (κ3) is 4.10. The van der Waals surface area contributed by atoms with Gasteiger partial charge in [0.1, 0.15) is 0 Å². The molecule has 4 aromatic rings. The van der Waals surface area contributed by atoms with E-state index in [1.165, 1.54) is 5.56 Å². The van der Waals surface area contributed by atoms with Crippen LogP contribution in [-0.2, 0) is 6.54 Å². The summed E-state index contributed by atoms with van der Waals surface area (Å²) in [5.41, 5.74) is 5.01. The first-order valence-electron chi connectivity index (χ1n) is 11.7. The quantitative estimate of drug-likeness (QED) is 0.362. The Labute approximate surface area is 202 Å². The molecule has 6 rings (SSSR count). The van der Waals surface area contributed by atoms with Crippen molar-refractivity contribution in [2.75, 3.05) is 18.4 Å². The average molecular weight is 468 g/mol. The fourth-order valence-corrected chi connectivity index (χ4v) is 4.89. The Morgan fingerprint density at radius 2 is 1.77 bits per heavy atom. The molecule has 0 saturated carbocycles. The molecule has 0 spiro atoms. The molecular formula is C26H25N7O2. The van der Waals surface area contributed by atoms with Gasteiger partial charge in [0.25, 0.3) is 0 Å². The van der Waals surface area contributed by atoms with E-state index in [-0.39, 0.29) is 6.04 Å². The van der Waals surface area contributed by atoms with Crippen molar-refractivity contribution in [2.24, 2.45) is 0 Å². The maximum absolute atomic E-state index is 10.9. The molecular weight excluding hydrogens is 442 g/mol. The smallest absolute Gasteiger partial charge is 0.404 e. The highest BCUT2D eigenvalue weighted by Gasteiger charge is 2.25. The summed E-state index contributed by atoms with van der Waals surface area (Å²) in [6.07, 6.45) is 2.50. The van der Waals surface area contributed by atoms with Gasteiger partial charge in [-0.25, -0.2) is 9.78 Å². The number of anilines is 2. The highest BCUT2D eigenvalue weighted by Crippen LogP contribution is 2.38. The van der Waals surface area contributed by atoms with Gasteiger partial charge in [-0.05, 0) is 42.7 Å². The van der Waals surface area contributed by atoms with E-state index in [0.29, 0.717) is 0 Å². The van der Waals surface area contributed by atoms with Gasteiger partial charge in [-0.15, -0.1) is 10.2 Å². The minimum atomic E-state index is -0.942. The number of fused-ring (bicyclic) bond motifs is 5. The zero-order chi connectivity index (χ0) is 23.8. The van der Waals surface area contributed by atoms with Gasteiger partial charge in [0.15, 0.2) is 17.5 Å². The van der Waals surface area contributed by atoms with Crippen LogP contribution in [0.3, 0.4) is 0 Å². The first-order valence-corrected chi connectivity index (χ1v) is 11.7. The third-order valence-corrected chi connectivity index (χ3v) is 6.64. The number of piperidine rings is 1. The van der Waals surface area contributed by atoms with E-state index >= 15 is 0 Å². The molecule has 2 aromatic heterocycles. The van der Waals surface area contributed by atoms with Crippen LogP contribution < -0.4 is 10.6 Å². The number of nitrogens with zero attached hydrogens (tertiary/aromatic N) is 5. The largest absolute Gasteiger partial charge is 0.465 e. The lowest BCUT2D eigenvalue weighted by Gasteiger charge is -2.31. The topological polar surface area (TPSA) is 108 Å². The predicted octanol–water partition coefficient (Wildman–Crippen LogP) is 4.29. The molecule has 2 aliphatic heterocycles. The van der Waals surface area contributed by atoms with Crippen LogP contribution in [0.5, 0.6) is 0 Å². The van der Waals surface area contributed by atoms with E-state index < -0.39 is 6.09 Å². The SMILES string of the molecule is O=C(O)NC1CCN(Cc2ccc(-c3nnc4n3-c3cccnc3Nc3ccccc3-4)cc2)CC1. The maximum Gasteiger partial charge on any atom is 0.404 e. The molecule has 3 N–H and O–H groups in total. The molecule has 0 atom stereocenters. The Kier molecular flexibility index (Phi) is 5.38. The molecule has 9 heteroatoms. The van der Waals surface area contributed by atoms with Crippen LogP contribution in [0.4, 0.5) is 16.3 Å². The molecule has 9 nitrogen and oxygen atoms in total. The zero-order valence-electron chi connectivity index (χ0n) is 19.1. The van der Waals surface area contributed by atoms with Crippen molar-refractivity contribution in [1.29, 1.82) is 0 Å². The molecule has 0 aliphatic carbocycles. The lowest BCUT2D eigenvalue weighted by Crippen LogP contribution is -2.43. The second kappa shape index (κ2) is 8.84. The summed E-state index contributed by atoms with van der Waals surface area (Å²) in [7, 11) is 0. The summed E-state index contributed by atoms with van der Waals surface area (Å²) in [5, 5.41) is 24.1. The summed E-state index contributed by atoms with van der Waals surface area (Å²) in [6.45, 7) is 2.59. The minimum Gasteiger partial charge on any atom is -0.465 e. The van der Waals surface area contributed by atoms with Gasteiger partial charge in [-0.1, -0.05) is 36.4 Å². The third-order valence-electron chi connectivity index (χ3n) is 6.64. The number of carbonyl (C=O) groups is 1. The van der Waals surface area contributed by atoms with Crippen LogP contribution in [0, 0.1) is 0 Å². The number of likely N-dealkylation sites (tertiary alicyclic amines) is 1. The van der Waals surface area contributed by atoms with Crippen LogP contribution in [0.2, 0.25) is 0 Å². The average Bonchev–Trinajstić information content (AvgIpc) is 3.25. The molecule has 1 fully saturated rings. The van der Waals surface area contributed by atoms with Crippen LogP contribution in [0.25, 0.3) is 28.5 Å². The van der Waals surface area contributed by atoms with Crippen molar-refractivity contribution < 1.29 is 9.90 Å². The molecule has 0 bridgehead atoms. The van der Waals surface area contributed by atoms with Crippen LogP contribution in [-0.4, -0.2) is 55.0 Å². The predicted molar refractivity (Wildman–Crippen MR) is 133 cm³/mol. The van der Waals surface area contributed by atoms with E-state index in [1.807, 2.05) is 36.4 Å². The first kappa shape index (κ1) is 21.3. The minimum absolute atomic E-state index is 0.0475. The van der Waals surface area contributed by atoms with Gasteiger partial charge >= 0.3 is 6.09 Å². The van der Waals surface area contributed by atoms with Crippen LogP contribution >= 0.6 is 0 Å². The van der Waals surface area contributed by atoms with E-state index in [4.69, 9.17) is 5.11 Å². The Balaban J connectivity index is 1.27. The number of aromatic nitrogens is 4. The van der Waals surface area contributed by atoms with Crippen molar-refractivity contribution in [3.05, 3.63) is 72.4 Å². The van der Waals surface area contributed by atoms with Crippen molar-refractivity contribution in [3.63, 3.8) is 0 Å². The molecule has 4 heterocycles. The standard InChI is InChI=1S/C26H25N7O2/c34-26(35)28-19-11-14-32(15-12-19)16-17-7-9-18(10-8-17)24-30-31-25-20-4-1-2-5-21(20)29-23-22(33(24)25)6-3-13-27-23/h1-10,13,19,28H,11-12,14-16H2,(H,27,29)(H,34,35). The molecule has 2 aromatic carbocycles. The Morgan fingerprint density at radius 3 is 2.57 bits per heavy atom.